The Bertz CT molecular complexity index is 1410. The van der Waals surface area contributed by atoms with Gasteiger partial charge < -0.3 is 29.3 Å². The highest BCUT2D eigenvalue weighted by atomic mass is 35.5. The number of hydrogen-bond acceptors (Lipinski definition) is 8. The van der Waals surface area contributed by atoms with E-state index in [-0.39, 0.29) is 5.91 Å². The number of halogens is 1. The van der Waals surface area contributed by atoms with E-state index in [9.17, 15) is 4.79 Å². The predicted molar refractivity (Wildman–Crippen MR) is 169 cm³/mol. The van der Waals surface area contributed by atoms with E-state index in [2.05, 4.69) is 26.7 Å². The van der Waals surface area contributed by atoms with Crippen LogP contribution >= 0.6 is 20.0 Å². The van der Waals surface area contributed by atoms with E-state index in [1.807, 2.05) is 45.2 Å². The molecule has 0 spiro atoms. The Kier molecular flexibility index (Phi) is 10.2. The number of anilines is 4. The van der Waals surface area contributed by atoms with Gasteiger partial charge in [-0.2, -0.15) is 4.98 Å². The lowest BCUT2D eigenvalue weighted by molar-refractivity contribution is 0.0817. The predicted octanol–water partition coefficient (Wildman–Crippen LogP) is 8.14. The lowest BCUT2D eigenvalue weighted by Gasteiger charge is -2.24. The molecule has 0 radical (unpaired) electrons. The molecule has 11 heteroatoms. The number of nitrogens with one attached hydrogen (secondary N) is 2. The number of methoxy groups -OCH3 is 1. The van der Waals surface area contributed by atoms with Crippen LogP contribution in [0.2, 0.25) is 5.02 Å². The molecule has 1 aromatic heterocycles. The summed E-state index contributed by atoms with van der Waals surface area (Å²) in [5.74, 6) is 1.92. The maximum Gasteiger partial charge on any atom is 0.256 e. The smallest absolute Gasteiger partial charge is 0.256 e. The number of fused-ring (bicyclic) bond motifs is 1. The van der Waals surface area contributed by atoms with Crippen molar-refractivity contribution in [1.29, 1.82) is 0 Å². The average Bonchev–Trinajstić information content (AvgIpc) is 3.30. The van der Waals surface area contributed by atoms with Crippen molar-refractivity contribution in [3.8, 4) is 5.75 Å². The van der Waals surface area contributed by atoms with E-state index in [4.69, 9.17) is 25.4 Å². The van der Waals surface area contributed by atoms with Gasteiger partial charge in [0.15, 0.2) is 14.2 Å². The summed E-state index contributed by atoms with van der Waals surface area (Å²) in [5, 5.41) is 6.94. The van der Waals surface area contributed by atoms with Crippen LogP contribution in [0.4, 0.5) is 23.1 Å². The van der Waals surface area contributed by atoms with Crippen molar-refractivity contribution in [1.82, 2.24) is 14.9 Å². The fourth-order valence-electron chi connectivity index (χ4n) is 5.74. The molecule has 0 saturated heterocycles. The van der Waals surface area contributed by atoms with Crippen LogP contribution in [-0.4, -0.2) is 48.1 Å². The zero-order valence-electron chi connectivity index (χ0n) is 24.7. The van der Waals surface area contributed by atoms with Crippen LogP contribution in [0.15, 0.2) is 36.5 Å². The first-order chi connectivity index (χ1) is 20.4. The highest BCUT2D eigenvalue weighted by Crippen LogP contribution is 2.44. The number of amides is 1. The molecule has 224 valence electrons. The maximum absolute atomic E-state index is 13.3. The van der Waals surface area contributed by atoms with Gasteiger partial charge in [0.2, 0.25) is 5.95 Å². The zero-order chi connectivity index (χ0) is 29.6. The first-order valence-electron chi connectivity index (χ1n) is 14.6. The number of aromatic nitrogens is 2. The largest absolute Gasteiger partial charge is 0.495 e. The number of benzene rings is 2. The van der Waals surface area contributed by atoms with Crippen LogP contribution in [0.1, 0.15) is 78.9 Å². The summed E-state index contributed by atoms with van der Waals surface area (Å²) < 4.78 is 17.2. The molecule has 1 aliphatic carbocycles. The van der Waals surface area contributed by atoms with Crippen molar-refractivity contribution in [3.05, 3.63) is 63.8 Å². The molecule has 0 atom stereocenters. The van der Waals surface area contributed by atoms with E-state index in [0.717, 1.165) is 11.1 Å². The summed E-state index contributed by atoms with van der Waals surface area (Å²) in [7, 11) is 2.47. The molecule has 1 saturated carbocycles. The van der Waals surface area contributed by atoms with Crippen LogP contribution in [0.3, 0.4) is 0 Å². The molecule has 5 rings (SSSR count). The molecule has 2 aliphatic rings. The SMILES string of the molecule is CCOP(Cc1ccc(Nc2ncc(Cl)c(Nc3ccc(C4CCCCC4)c4c3C(=O)N(C)C4)n2)c(OC)c1)OCC. The van der Waals surface area contributed by atoms with E-state index in [1.54, 1.807) is 18.2 Å². The average molecular weight is 612 g/mol. The standard InChI is InChI=1S/C31H39ClN5O4P/c1-5-40-42(41-6-2)19-20-12-14-25(27(16-20)39-4)35-31-33-17-24(32)29(36-31)34-26-15-13-22(21-10-8-7-9-11-21)23-18-37(3)30(38)28(23)26/h12-17,21H,5-11,18-19H2,1-4H3,(H2,33,34,35,36). The molecule has 42 heavy (non-hydrogen) atoms. The fraction of sp³-hybridized carbons (Fsp3) is 0.452. The molecule has 1 aliphatic heterocycles. The highest BCUT2D eigenvalue weighted by molar-refractivity contribution is 7.46. The molecule has 3 aromatic rings. The van der Waals surface area contributed by atoms with Crippen LogP contribution in [0.5, 0.6) is 5.75 Å². The minimum Gasteiger partial charge on any atom is -0.495 e. The van der Waals surface area contributed by atoms with E-state index in [1.165, 1.54) is 37.7 Å². The Morgan fingerprint density at radius 2 is 1.79 bits per heavy atom. The maximum atomic E-state index is 13.3. The van der Waals surface area contributed by atoms with Crippen molar-refractivity contribution >= 4 is 49.0 Å². The number of carbonyl (C=O) groups excluding carboxylic acids is 1. The van der Waals surface area contributed by atoms with Gasteiger partial charge in [-0.15, -0.1) is 0 Å². The van der Waals surface area contributed by atoms with Gasteiger partial charge in [0, 0.05) is 19.8 Å². The second-order valence-corrected chi connectivity index (χ2v) is 12.5. The molecule has 0 unspecified atom stereocenters. The summed E-state index contributed by atoms with van der Waals surface area (Å²) in [5.41, 5.74) is 5.58. The Hall–Kier alpha value is -2.97. The van der Waals surface area contributed by atoms with E-state index >= 15 is 0 Å². The third-order valence-electron chi connectivity index (χ3n) is 7.72. The van der Waals surface area contributed by atoms with E-state index in [0.29, 0.717) is 71.3 Å². The first kappa shape index (κ1) is 30.5. The van der Waals surface area contributed by atoms with Gasteiger partial charge in [-0.1, -0.05) is 43.0 Å². The highest BCUT2D eigenvalue weighted by Gasteiger charge is 2.32. The Morgan fingerprint density at radius 3 is 2.50 bits per heavy atom. The lowest BCUT2D eigenvalue weighted by Crippen LogP contribution is -2.18. The van der Waals surface area contributed by atoms with E-state index < -0.39 is 8.38 Å². The summed E-state index contributed by atoms with van der Waals surface area (Å²) >= 11 is 6.54. The number of ether oxygens (including phenoxy) is 1. The topological polar surface area (TPSA) is 97.8 Å². The van der Waals surface area contributed by atoms with Crippen molar-refractivity contribution in [2.75, 3.05) is 38.0 Å². The summed E-state index contributed by atoms with van der Waals surface area (Å²) in [6.07, 6.45) is 8.33. The molecule has 1 amide bonds. The minimum absolute atomic E-state index is 0.0100. The molecule has 0 bridgehead atoms. The van der Waals surface area contributed by atoms with Crippen molar-refractivity contribution in [2.45, 2.75) is 64.6 Å². The van der Waals surface area contributed by atoms with Gasteiger partial charge in [-0.3, -0.25) is 4.79 Å². The summed E-state index contributed by atoms with van der Waals surface area (Å²) in [6, 6.07) is 10.1. The molecule has 9 nitrogen and oxygen atoms in total. The lowest BCUT2D eigenvalue weighted by atomic mass is 9.81. The number of rotatable bonds is 12. The zero-order valence-corrected chi connectivity index (χ0v) is 26.4. The van der Waals surface area contributed by atoms with Crippen molar-refractivity contribution in [2.24, 2.45) is 0 Å². The third-order valence-corrected chi connectivity index (χ3v) is 9.71. The van der Waals surface area contributed by atoms with Crippen molar-refractivity contribution in [3.63, 3.8) is 0 Å². The number of carbonyl (C=O) groups is 1. The Morgan fingerprint density at radius 1 is 1.05 bits per heavy atom. The van der Waals surface area contributed by atoms with Crippen LogP contribution in [-0.2, 0) is 21.8 Å². The molecular weight excluding hydrogens is 573 g/mol. The third kappa shape index (κ3) is 6.81. The summed E-state index contributed by atoms with van der Waals surface area (Å²) in [6.45, 7) is 5.75. The Labute approximate surface area is 254 Å². The second-order valence-electron chi connectivity index (χ2n) is 10.6. The number of nitrogens with zero attached hydrogens (tertiary/aromatic N) is 3. The van der Waals surface area contributed by atoms with Gasteiger partial charge in [-0.25, -0.2) is 4.98 Å². The molecule has 2 heterocycles. The van der Waals surface area contributed by atoms with Crippen molar-refractivity contribution < 1.29 is 18.6 Å². The quantitative estimate of drug-likeness (QED) is 0.198. The fourth-order valence-corrected chi connectivity index (χ4v) is 7.21. The summed E-state index contributed by atoms with van der Waals surface area (Å²) in [4.78, 5) is 24.1. The van der Waals surface area contributed by atoms with Gasteiger partial charge >= 0.3 is 0 Å². The van der Waals surface area contributed by atoms with Gasteiger partial charge in [0.25, 0.3) is 5.91 Å². The number of hydrogen-bond donors (Lipinski definition) is 2. The van der Waals surface area contributed by atoms with Gasteiger partial charge in [-0.05, 0) is 67.5 Å². The minimum atomic E-state index is -1.01. The molecule has 2 aromatic carbocycles. The molecule has 1 fully saturated rings. The van der Waals surface area contributed by atoms with Gasteiger partial charge in [0.05, 0.1) is 43.5 Å². The Balaban J connectivity index is 1.38. The van der Waals surface area contributed by atoms with Crippen LogP contribution in [0, 0.1) is 0 Å². The second kappa shape index (κ2) is 14.0. The molecule has 2 N–H and O–H groups in total. The van der Waals surface area contributed by atoms with Gasteiger partial charge in [0.1, 0.15) is 10.8 Å². The molecular formula is C31H39ClN5O4P. The first-order valence-corrected chi connectivity index (χ1v) is 16.3. The van der Waals surface area contributed by atoms with Crippen LogP contribution in [0.25, 0.3) is 0 Å². The normalized spacial score (nSPS) is 15.3. The van der Waals surface area contributed by atoms with Crippen LogP contribution < -0.4 is 15.4 Å². The monoisotopic (exact) mass is 611 g/mol.